The Bertz CT molecular complexity index is 1260. The van der Waals surface area contributed by atoms with Crippen LogP contribution in [-0.2, 0) is 18.6 Å². The van der Waals surface area contributed by atoms with Gasteiger partial charge in [0, 0.05) is 16.4 Å². The monoisotopic (exact) mass is 489 g/mol. The first kappa shape index (κ1) is 20.9. The van der Waals surface area contributed by atoms with E-state index in [1.807, 2.05) is 4.98 Å². The molecule has 0 spiro atoms. The van der Waals surface area contributed by atoms with Crippen LogP contribution in [0, 0.1) is 0 Å². The molecule has 0 unspecified atom stereocenters. The number of halogens is 1. The number of aromatic amines is 1. The molecule has 3 rings (SSSR count). The van der Waals surface area contributed by atoms with Crippen LogP contribution in [0.3, 0.4) is 0 Å². The molecule has 0 amide bonds. The van der Waals surface area contributed by atoms with Crippen LogP contribution in [0.1, 0.15) is 31.0 Å². The fraction of sp³-hybridized carbons (Fsp3) is 0.450. The molecule has 0 bridgehead atoms. The topological polar surface area (TPSA) is 149 Å². The number of Topliss-reactive ketones (excluding diaryl/α,β-unsaturated/α-hetero) is 1. The molecule has 6 atom stereocenters. The van der Waals surface area contributed by atoms with E-state index in [1.54, 1.807) is 18.2 Å². The van der Waals surface area contributed by atoms with Gasteiger partial charge in [-0.25, -0.2) is 18.8 Å². The Hall–Kier alpha value is -2.63. The molecular formula is C20H25FN3O8P. The number of aliphatic hydroxyl groups excluding tert-OH is 1. The number of benzene rings is 1. The Morgan fingerprint density at radius 3 is 2.73 bits per heavy atom. The Labute approximate surface area is 192 Å². The summed E-state index contributed by atoms with van der Waals surface area (Å²) in [7, 11) is -4.36. The fourth-order valence-corrected chi connectivity index (χ4v) is 4.55. The average molecular weight is 489 g/mol. The first-order valence-corrected chi connectivity index (χ1v) is 11.3. The minimum atomic E-state index is -4.36. The number of aromatic nitrogens is 2. The van der Waals surface area contributed by atoms with E-state index >= 15 is 4.39 Å². The molecule has 11 nitrogen and oxygen atoms in total. The van der Waals surface area contributed by atoms with Crippen LogP contribution in [0.4, 0.5) is 4.39 Å². The van der Waals surface area contributed by atoms with E-state index in [4.69, 9.17) is 17.9 Å². The van der Waals surface area contributed by atoms with Crippen LogP contribution in [0.25, 0.3) is 0 Å². The molecule has 1 aliphatic rings. The van der Waals surface area contributed by atoms with Gasteiger partial charge in [0.2, 0.25) is 0 Å². The summed E-state index contributed by atoms with van der Waals surface area (Å²) in [4.78, 5) is 37.2. The fourth-order valence-electron chi connectivity index (χ4n) is 2.98. The number of nitrogens with zero attached hydrogens (tertiary/aromatic N) is 1. The number of carbonyl (C=O) groups is 1. The third kappa shape index (κ3) is 5.66. The molecule has 1 fully saturated rings. The van der Waals surface area contributed by atoms with Crippen LogP contribution in [0.2, 0.25) is 0 Å². The quantitative estimate of drug-likeness (QED) is 0.350. The lowest BCUT2D eigenvalue weighted by Gasteiger charge is -2.25. The molecule has 2 heterocycles. The second-order valence-electron chi connectivity index (χ2n) is 7.42. The molecule has 1 aromatic heterocycles. The van der Waals surface area contributed by atoms with Crippen molar-refractivity contribution in [1.82, 2.24) is 14.6 Å². The minimum Gasteiger partial charge on any atom is -0.413 e. The summed E-state index contributed by atoms with van der Waals surface area (Å²) in [6, 6.07) is 7.59. The minimum absolute atomic E-state index is 0.0944. The Morgan fingerprint density at radius 2 is 2.12 bits per heavy atom. The van der Waals surface area contributed by atoms with Gasteiger partial charge in [-0.05, 0) is 32.8 Å². The van der Waals surface area contributed by atoms with Crippen molar-refractivity contribution >= 4 is 13.5 Å². The molecule has 13 heteroatoms. The highest BCUT2D eigenvalue weighted by Gasteiger charge is 2.55. The average Bonchev–Trinajstić information content (AvgIpc) is 3.04. The summed E-state index contributed by atoms with van der Waals surface area (Å²) in [5.41, 5.74) is -5.52. The standard InChI is InChI=1S/C20H25FN3O8P/c1-12(13(2)25)23-33(29,32-14-7-5-4-6-8-14)30-11-15-17(27)20(3,21)18(31-15)24-10-9-16(26)22-19(24)28/h4-10,12,15,17-18,27H,11H2,1-3H3,(H,23,29)(H,22,26,28)/t12-,15+,17+,18+,20+,33-/m0/s1/i3+1D3. The lowest BCUT2D eigenvalue weighted by Crippen LogP contribution is -2.43. The van der Waals surface area contributed by atoms with E-state index in [0.717, 1.165) is 12.3 Å². The molecule has 0 radical (unpaired) electrons. The van der Waals surface area contributed by atoms with Crippen LogP contribution in [-0.4, -0.2) is 51.0 Å². The molecule has 180 valence electrons. The molecular weight excluding hydrogens is 461 g/mol. The lowest BCUT2D eigenvalue weighted by molar-refractivity contribution is -0.118. The highest BCUT2D eigenvalue weighted by Crippen LogP contribution is 2.47. The summed E-state index contributed by atoms with van der Waals surface area (Å²) < 4.78 is 68.9. The van der Waals surface area contributed by atoms with Gasteiger partial charge in [0.25, 0.3) is 5.56 Å². The van der Waals surface area contributed by atoms with Gasteiger partial charge in [-0.2, -0.15) is 0 Å². The Balaban J connectivity index is 1.91. The zero-order valence-corrected chi connectivity index (χ0v) is 18.5. The van der Waals surface area contributed by atoms with Gasteiger partial charge in [-0.15, -0.1) is 0 Å². The van der Waals surface area contributed by atoms with Crippen molar-refractivity contribution < 1.29 is 36.8 Å². The smallest absolute Gasteiger partial charge is 0.413 e. The predicted molar refractivity (Wildman–Crippen MR) is 115 cm³/mol. The summed E-state index contributed by atoms with van der Waals surface area (Å²) in [6.45, 7) is -1.73. The van der Waals surface area contributed by atoms with Crippen molar-refractivity contribution in [1.29, 1.82) is 0 Å². The summed E-state index contributed by atoms with van der Waals surface area (Å²) in [5, 5.41) is 13.1. The first-order valence-electron chi connectivity index (χ1n) is 11.3. The lowest BCUT2D eigenvalue weighted by atomic mass is 10.0. The van der Waals surface area contributed by atoms with Gasteiger partial charge in [-0.1, -0.05) is 18.2 Å². The van der Waals surface area contributed by atoms with Crippen LogP contribution in [0.15, 0.2) is 52.2 Å². The number of alkyl halides is 1. The number of H-pyrrole nitrogens is 1. The maximum atomic E-state index is 16.0. The maximum absolute atomic E-state index is 16.0. The third-order valence-corrected chi connectivity index (χ3v) is 6.53. The van der Waals surface area contributed by atoms with Gasteiger partial charge in [0.15, 0.2) is 11.9 Å². The summed E-state index contributed by atoms with van der Waals surface area (Å²) in [5.74, 6) is -0.313. The third-order valence-electron chi connectivity index (χ3n) is 4.89. The molecule has 3 N–H and O–H groups in total. The van der Waals surface area contributed by atoms with E-state index < -0.39 is 68.4 Å². The number of aliphatic hydroxyl groups is 1. The molecule has 2 aromatic rings. The maximum Gasteiger partial charge on any atom is 0.459 e. The zero-order valence-electron chi connectivity index (χ0n) is 20.6. The number of ether oxygens (including phenoxy) is 1. The number of hydrogen-bond donors (Lipinski definition) is 3. The zero-order chi connectivity index (χ0) is 26.9. The van der Waals surface area contributed by atoms with Crippen molar-refractivity contribution in [2.24, 2.45) is 0 Å². The number of nitrogens with one attached hydrogen (secondary N) is 2. The number of ketones is 1. The van der Waals surface area contributed by atoms with Crippen molar-refractivity contribution in [2.45, 2.75) is 50.8 Å². The Morgan fingerprint density at radius 1 is 1.42 bits per heavy atom. The predicted octanol–water partition coefficient (Wildman–Crippen LogP) is 1.29. The van der Waals surface area contributed by atoms with Crippen molar-refractivity contribution in [3.8, 4) is 5.75 Å². The number of rotatable bonds is 9. The second kappa shape index (κ2) is 9.70. The van der Waals surface area contributed by atoms with Crippen LogP contribution >= 0.6 is 7.75 Å². The molecule has 0 aliphatic carbocycles. The molecule has 33 heavy (non-hydrogen) atoms. The van der Waals surface area contributed by atoms with E-state index in [1.165, 1.54) is 26.0 Å². The molecule has 1 saturated heterocycles. The number of hydrogen-bond acceptors (Lipinski definition) is 8. The highest BCUT2D eigenvalue weighted by molar-refractivity contribution is 7.52. The summed E-state index contributed by atoms with van der Waals surface area (Å²) >= 11 is 0. The van der Waals surface area contributed by atoms with E-state index in [0.29, 0.717) is 4.57 Å². The van der Waals surface area contributed by atoms with Gasteiger partial charge in [0.05, 0.1) is 12.6 Å². The Kier molecular flexibility index (Phi) is 6.15. The normalized spacial score (nSPS) is 29.3. The summed E-state index contributed by atoms with van der Waals surface area (Å²) in [6.07, 6.45) is -5.51. The largest absolute Gasteiger partial charge is 0.459 e. The van der Waals surface area contributed by atoms with E-state index in [9.17, 15) is 24.1 Å². The highest BCUT2D eigenvalue weighted by atomic mass is 31.2. The van der Waals surface area contributed by atoms with E-state index in [2.05, 4.69) is 5.09 Å². The molecule has 0 saturated carbocycles. The SMILES string of the molecule is [2H][13C]([2H])([2H])[C@@]1(F)[C@H](O)[C@@H](CO[P@@](=O)(N[C@@H](C)C(C)=O)Oc2ccccc2)O[C@H]1n1ccc(=O)[nH]c1=O. The van der Waals surface area contributed by atoms with Crippen LogP contribution in [0.5, 0.6) is 5.75 Å². The number of para-hydroxylation sites is 1. The van der Waals surface area contributed by atoms with Gasteiger partial charge >= 0.3 is 13.4 Å². The number of carbonyl (C=O) groups excluding carboxylic acids is 1. The van der Waals surface area contributed by atoms with Crippen molar-refractivity contribution in [2.75, 3.05) is 6.61 Å². The second-order valence-corrected chi connectivity index (χ2v) is 9.11. The van der Waals surface area contributed by atoms with Gasteiger partial charge in [-0.3, -0.25) is 23.7 Å². The molecule has 1 aliphatic heterocycles. The van der Waals surface area contributed by atoms with Gasteiger partial charge < -0.3 is 14.4 Å². The van der Waals surface area contributed by atoms with Crippen molar-refractivity contribution in [3.63, 3.8) is 0 Å². The van der Waals surface area contributed by atoms with Crippen LogP contribution < -0.4 is 20.9 Å². The van der Waals surface area contributed by atoms with Gasteiger partial charge in [0.1, 0.15) is 23.7 Å². The first-order chi connectivity index (χ1) is 16.7. The van der Waals surface area contributed by atoms with E-state index in [-0.39, 0.29) is 5.75 Å². The van der Waals surface area contributed by atoms with Crippen molar-refractivity contribution in [3.05, 3.63) is 63.4 Å². The molecule has 1 aromatic carbocycles.